The molecule has 0 N–H and O–H groups in total. The molecular formula is C32H32ClFN8O2. The molecule has 1 aliphatic heterocycles. The average molecular weight is 615 g/mol. The van der Waals surface area contributed by atoms with E-state index in [4.69, 9.17) is 16.6 Å². The van der Waals surface area contributed by atoms with E-state index >= 15 is 4.39 Å². The molecule has 0 radical (unpaired) electrons. The fourth-order valence-corrected chi connectivity index (χ4v) is 5.83. The summed E-state index contributed by atoms with van der Waals surface area (Å²) < 4.78 is 16.7. The van der Waals surface area contributed by atoms with Crippen molar-refractivity contribution in [2.24, 2.45) is 0 Å². The summed E-state index contributed by atoms with van der Waals surface area (Å²) in [6.07, 6.45) is 2.77. The van der Waals surface area contributed by atoms with Crippen molar-refractivity contribution < 1.29 is 9.18 Å². The molecule has 12 heteroatoms. The van der Waals surface area contributed by atoms with Gasteiger partial charge in [0.2, 0.25) is 5.91 Å². The van der Waals surface area contributed by atoms with Crippen molar-refractivity contribution in [2.75, 3.05) is 24.5 Å². The minimum atomic E-state index is -0.675. The number of carbonyl (C=O) groups excluding carboxylic acids is 1. The van der Waals surface area contributed by atoms with Gasteiger partial charge in [0.25, 0.3) is 0 Å². The van der Waals surface area contributed by atoms with Gasteiger partial charge in [0.15, 0.2) is 5.65 Å². The maximum atomic E-state index is 15.3. The lowest BCUT2D eigenvalue weighted by Gasteiger charge is -2.40. The monoisotopic (exact) mass is 614 g/mol. The predicted molar refractivity (Wildman–Crippen MR) is 168 cm³/mol. The number of halogens is 2. The van der Waals surface area contributed by atoms with E-state index in [1.807, 2.05) is 45.6 Å². The first kappa shape index (κ1) is 30.8. The summed E-state index contributed by atoms with van der Waals surface area (Å²) in [5.41, 5.74) is 1.68. The number of nitriles is 1. The highest BCUT2D eigenvalue weighted by Gasteiger charge is 2.31. The zero-order valence-corrected chi connectivity index (χ0v) is 25.9. The van der Waals surface area contributed by atoms with Crippen LogP contribution in [-0.2, 0) is 4.79 Å². The minimum absolute atomic E-state index is 0.0784. The number of aromatic nitrogens is 5. The predicted octanol–water partition coefficient (Wildman–Crippen LogP) is 5.37. The van der Waals surface area contributed by atoms with Crippen LogP contribution in [0.3, 0.4) is 0 Å². The van der Waals surface area contributed by atoms with Crippen LogP contribution in [-0.4, -0.2) is 61.0 Å². The molecule has 1 atom stereocenters. The molecule has 0 aliphatic carbocycles. The fourth-order valence-electron chi connectivity index (χ4n) is 5.57. The van der Waals surface area contributed by atoms with E-state index < -0.39 is 11.5 Å². The van der Waals surface area contributed by atoms with Crippen LogP contribution < -0.4 is 10.6 Å². The van der Waals surface area contributed by atoms with Crippen molar-refractivity contribution in [3.05, 3.63) is 81.5 Å². The van der Waals surface area contributed by atoms with Gasteiger partial charge in [-0.1, -0.05) is 45.9 Å². The van der Waals surface area contributed by atoms with Crippen LogP contribution in [0.4, 0.5) is 10.2 Å². The Kier molecular flexibility index (Phi) is 8.48. The summed E-state index contributed by atoms with van der Waals surface area (Å²) in [7, 11) is 0. The molecule has 1 aliphatic rings. The van der Waals surface area contributed by atoms with E-state index in [1.165, 1.54) is 29.1 Å². The van der Waals surface area contributed by atoms with Crippen LogP contribution in [0.2, 0.25) is 5.02 Å². The largest absolute Gasteiger partial charge is 0.355 e. The summed E-state index contributed by atoms with van der Waals surface area (Å²) >= 11 is 6.80. The first-order valence-corrected chi connectivity index (χ1v) is 14.7. The number of nitrogens with zero attached hydrogens (tertiary/aromatic N) is 8. The number of amides is 1. The van der Waals surface area contributed by atoms with E-state index in [9.17, 15) is 14.9 Å². The lowest BCUT2D eigenvalue weighted by Crippen LogP contribution is -2.54. The molecule has 0 unspecified atom stereocenters. The smallest absolute Gasteiger partial charge is 0.350 e. The molecule has 226 valence electrons. The zero-order chi connectivity index (χ0) is 31.9. The number of anilines is 1. The maximum Gasteiger partial charge on any atom is 0.355 e. The van der Waals surface area contributed by atoms with Crippen molar-refractivity contribution in [3.8, 4) is 23.0 Å². The molecule has 44 heavy (non-hydrogen) atoms. The molecule has 1 fully saturated rings. The Hall–Kier alpha value is -4.69. The molecule has 5 rings (SSSR count). The number of hydrogen-bond acceptors (Lipinski definition) is 8. The van der Waals surface area contributed by atoms with E-state index in [0.29, 0.717) is 47.9 Å². The highest BCUT2D eigenvalue weighted by Crippen LogP contribution is 2.37. The Morgan fingerprint density at radius 1 is 1.14 bits per heavy atom. The fraction of sp³-hybridized carbons (Fsp3) is 0.344. The van der Waals surface area contributed by atoms with Gasteiger partial charge < -0.3 is 9.80 Å². The number of piperazine rings is 1. The van der Waals surface area contributed by atoms with Gasteiger partial charge in [-0.15, -0.1) is 0 Å². The molecular weight excluding hydrogens is 583 g/mol. The SMILES string of the molecule is C=CC(=O)N1CCN(c2nc(=O)n(-c3c(C(C)C)ncnc3C(C)C)c3nc(-c4ccc(C#N)cc4F)c(Cl)cc23)[C@@H](C)C1. The van der Waals surface area contributed by atoms with Crippen LogP contribution in [0, 0.1) is 17.1 Å². The molecule has 0 spiro atoms. The molecule has 1 saturated heterocycles. The first-order valence-electron chi connectivity index (χ1n) is 14.3. The number of pyridine rings is 1. The minimum Gasteiger partial charge on any atom is -0.350 e. The van der Waals surface area contributed by atoms with Crippen LogP contribution in [0.1, 0.15) is 63.4 Å². The van der Waals surface area contributed by atoms with Gasteiger partial charge in [-0.05, 0) is 49.1 Å². The first-order chi connectivity index (χ1) is 21.0. The Morgan fingerprint density at radius 2 is 1.82 bits per heavy atom. The van der Waals surface area contributed by atoms with Gasteiger partial charge in [0.05, 0.1) is 44.8 Å². The lowest BCUT2D eigenvalue weighted by molar-refractivity contribution is -0.126. The molecule has 4 aromatic rings. The van der Waals surface area contributed by atoms with Crippen LogP contribution in [0.15, 0.2) is 48.0 Å². The van der Waals surface area contributed by atoms with E-state index in [-0.39, 0.29) is 51.3 Å². The number of fused-ring (bicyclic) bond motifs is 1. The van der Waals surface area contributed by atoms with Crippen LogP contribution in [0.5, 0.6) is 0 Å². The molecule has 0 bridgehead atoms. The van der Waals surface area contributed by atoms with Crippen molar-refractivity contribution in [1.82, 2.24) is 29.4 Å². The molecule has 1 aromatic carbocycles. The van der Waals surface area contributed by atoms with Crippen molar-refractivity contribution >= 4 is 34.4 Å². The highest BCUT2D eigenvalue weighted by atomic mass is 35.5. The van der Waals surface area contributed by atoms with E-state index in [2.05, 4.69) is 21.5 Å². The van der Waals surface area contributed by atoms with Gasteiger partial charge in [0.1, 0.15) is 18.0 Å². The highest BCUT2D eigenvalue weighted by molar-refractivity contribution is 6.33. The second-order valence-electron chi connectivity index (χ2n) is 11.4. The summed E-state index contributed by atoms with van der Waals surface area (Å²) in [6.45, 7) is 14.6. The summed E-state index contributed by atoms with van der Waals surface area (Å²) in [5.74, 6) is -0.646. The number of carbonyl (C=O) groups is 1. The van der Waals surface area contributed by atoms with Crippen molar-refractivity contribution in [3.63, 3.8) is 0 Å². The summed E-state index contributed by atoms with van der Waals surface area (Å²) in [5, 5.41) is 9.85. The normalized spacial score (nSPS) is 15.2. The van der Waals surface area contributed by atoms with Gasteiger partial charge in [-0.2, -0.15) is 10.2 Å². The number of rotatable bonds is 6. The van der Waals surface area contributed by atoms with Gasteiger partial charge >= 0.3 is 5.69 Å². The Labute approximate surface area is 259 Å². The standard InChI is InChI=1S/C32H32ClFN8O2/c1-7-25(43)40-10-11-41(19(6)15-40)30-22-13-23(33)28(21-9-8-20(14-35)12-24(21)34)38-31(22)42(32(44)39-30)29-26(17(2)3)36-16-37-27(29)18(4)5/h7-9,12-13,16-19H,1,10-11,15H2,2-6H3/t19-/m0/s1. The Balaban J connectivity index is 1.85. The zero-order valence-electron chi connectivity index (χ0n) is 25.2. The Morgan fingerprint density at radius 3 is 2.39 bits per heavy atom. The number of hydrogen-bond donors (Lipinski definition) is 0. The molecule has 3 aromatic heterocycles. The topological polar surface area (TPSA) is 121 Å². The van der Waals surface area contributed by atoms with Gasteiger partial charge in [-0.25, -0.2) is 28.7 Å². The van der Waals surface area contributed by atoms with Crippen molar-refractivity contribution in [2.45, 2.75) is 52.5 Å². The molecule has 4 heterocycles. The molecule has 10 nitrogen and oxygen atoms in total. The third-order valence-corrected chi connectivity index (χ3v) is 8.02. The molecule has 0 saturated carbocycles. The van der Waals surface area contributed by atoms with Gasteiger partial charge in [0, 0.05) is 31.2 Å². The Bertz CT molecular complexity index is 1870. The van der Waals surface area contributed by atoms with Gasteiger partial charge in [-0.3, -0.25) is 4.79 Å². The lowest BCUT2D eigenvalue weighted by atomic mass is 10.0. The second-order valence-corrected chi connectivity index (χ2v) is 11.8. The quantitative estimate of drug-likeness (QED) is 0.266. The van der Waals surface area contributed by atoms with E-state index in [1.54, 1.807) is 11.0 Å². The maximum absolute atomic E-state index is 15.3. The molecule has 1 amide bonds. The second kappa shape index (κ2) is 12.1. The third kappa shape index (κ3) is 5.42. The van der Waals surface area contributed by atoms with Crippen molar-refractivity contribution in [1.29, 1.82) is 5.26 Å². The number of benzene rings is 1. The van der Waals surface area contributed by atoms with Crippen LogP contribution >= 0.6 is 11.6 Å². The summed E-state index contributed by atoms with van der Waals surface area (Å²) in [4.78, 5) is 48.6. The van der Waals surface area contributed by atoms with E-state index in [0.717, 1.165) is 6.07 Å². The third-order valence-electron chi connectivity index (χ3n) is 7.74. The average Bonchev–Trinajstić information content (AvgIpc) is 3.00. The summed E-state index contributed by atoms with van der Waals surface area (Å²) in [6, 6.07) is 7.41. The van der Waals surface area contributed by atoms with Crippen LogP contribution in [0.25, 0.3) is 28.0 Å².